The fourth-order valence-corrected chi connectivity index (χ4v) is 4.49. The standard InChI is InChI=1S/C21H31N5O3S.HI/c1-4-22-21(25-18-10-12-26(13-11-18)30(27,28)5-2)24-15-20-23-14-19(29-20)17-8-6-16(3)7-9-17;/h6-9,14,18H,4-5,10-13,15H2,1-3H3,(H2,22,24,25);1H. The number of halogens is 1. The van der Waals surface area contributed by atoms with Crippen molar-refractivity contribution in [3.8, 4) is 11.3 Å². The van der Waals surface area contributed by atoms with Gasteiger partial charge in [0.25, 0.3) is 0 Å². The summed E-state index contributed by atoms with van der Waals surface area (Å²) in [4.78, 5) is 8.93. The SMILES string of the molecule is CCNC(=NCc1ncc(-c2ccc(C)cc2)o1)NC1CCN(S(=O)(=O)CC)CC1.I. The first-order chi connectivity index (χ1) is 14.4. The molecule has 0 atom stereocenters. The summed E-state index contributed by atoms with van der Waals surface area (Å²) in [6.45, 7) is 7.86. The molecule has 2 N–H and O–H groups in total. The van der Waals surface area contributed by atoms with E-state index < -0.39 is 10.0 Å². The molecule has 3 rings (SSSR count). The lowest BCUT2D eigenvalue weighted by atomic mass is 10.1. The zero-order valence-electron chi connectivity index (χ0n) is 18.3. The monoisotopic (exact) mass is 561 g/mol. The molecule has 2 aromatic rings. The molecule has 1 aliphatic heterocycles. The van der Waals surface area contributed by atoms with E-state index in [1.165, 1.54) is 5.56 Å². The summed E-state index contributed by atoms with van der Waals surface area (Å²) in [5, 5.41) is 6.64. The molecule has 1 aliphatic rings. The molecule has 0 saturated carbocycles. The first-order valence-corrected chi connectivity index (χ1v) is 12.1. The summed E-state index contributed by atoms with van der Waals surface area (Å²) < 4.78 is 31.5. The van der Waals surface area contributed by atoms with Crippen LogP contribution in [0.25, 0.3) is 11.3 Å². The summed E-state index contributed by atoms with van der Waals surface area (Å²) >= 11 is 0. The van der Waals surface area contributed by atoms with Gasteiger partial charge in [0.05, 0.1) is 11.9 Å². The molecular formula is C21H32IN5O3S. The van der Waals surface area contributed by atoms with Crippen molar-refractivity contribution in [2.45, 2.75) is 46.2 Å². The Hall–Kier alpha value is -1.66. The number of nitrogens with zero attached hydrogens (tertiary/aromatic N) is 3. The highest BCUT2D eigenvalue weighted by atomic mass is 127. The zero-order chi connectivity index (χ0) is 21.6. The van der Waals surface area contributed by atoms with Crippen molar-refractivity contribution in [1.82, 2.24) is 19.9 Å². The van der Waals surface area contributed by atoms with Crippen molar-refractivity contribution in [3.63, 3.8) is 0 Å². The average Bonchev–Trinajstić information content (AvgIpc) is 3.22. The molecule has 8 nitrogen and oxygen atoms in total. The maximum Gasteiger partial charge on any atom is 0.216 e. The second kappa shape index (κ2) is 11.8. The second-order valence-corrected chi connectivity index (χ2v) is 9.66. The van der Waals surface area contributed by atoms with Gasteiger partial charge in [0.1, 0.15) is 6.54 Å². The van der Waals surface area contributed by atoms with Crippen molar-refractivity contribution in [2.24, 2.45) is 4.99 Å². The molecule has 10 heteroatoms. The van der Waals surface area contributed by atoms with E-state index in [4.69, 9.17) is 4.42 Å². The second-order valence-electron chi connectivity index (χ2n) is 7.40. The number of rotatable bonds is 7. The third-order valence-corrected chi connectivity index (χ3v) is 7.04. The van der Waals surface area contributed by atoms with E-state index in [1.807, 2.05) is 38.1 Å². The van der Waals surface area contributed by atoms with Crippen LogP contribution in [-0.2, 0) is 16.6 Å². The molecule has 31 heavy (non-hydrogen) atoms. The number of aliphatic imine (C=N–C) groups is 1. The van der Waals surface area contributed by atoms with Crippen LogP contribution in [0.1, 0.15) is 38.1 Å². The van der Waals surface area contributed by atoms with Gasteiger partial charge in [0.2, 0.25) is 15.9 Å². The fourth-order valence-electron chi connectivity index (χ4n) is 3.36. The smallest absolute Gasteiger partial charge is 0.216 e. The van der Waals surface area contributed by atoms with Gasteiger partial charge in [0.15, 0.2) is 11.7 Å². The number of sulfonamides is 1. The zero-order valence-corrected chi connectivity index (χ0v) is 21.4. The predicted octanol–water partition coefficient (Wildman–Crippen LogP) is 3.14. The van der Waals surface area contributed by atoms with Crippen molar-refractivity contribution in [2.75, 3.05) is 25.4 Å². The summed E-state index contributed by atoms with van der Waals surface area (Å²) in [5.41, 5.74) is 2.18. The number of benzene rings is 1. The van der Waals surface area contributed by atoms with Crippen LogP contribution in [-0.4, -0.2) is 55.1 Å². The molecular weight excluding hydrogens is 529 g/mol. The summed E-state index contributed by atoms with van der Waals surface area (Å²) in [7, 11) is -3.11. The molecule has 0 bridgehead atoms. The normalized spacial score (nSPS) is 16.0. The highest BCUT2D eigenvalue weighted by Crippen LogP contribution is 2.21. The third-order valence-electron chi connectivity index (χ3n) is 5.16. The minimum absolute atomic E-state index is 0. The Morgan fingerprint density at radius 1 is 1.23 bits per heavy atom. The van der Waals surface area contributed by atoms with Crippen LogP contribution < -0.4 is 10.6 Å². The molecule has 1 saturated heterocycles. The van der Waals surface area contributed by atoms with Crippen molar-refractivity contribution >= 4 is 40.0 Å². The summed E-state index contributed by atoms with van der Waals surface area (Å²) in [6.07, 6.45) is 3.22. The van der Waals surface area contributed by atoms with Gasteiger partial charge >= 0.3 is 0 Å². The first kappa shape index (κ1) is 25.6. The van der Waals surface area contributed by atoms with Crippen molar-refractivity contribution in [1.29, 1.82) is 0 Å². The topological polar surface area (TPSA) is 99.8 Å². The van der Waals surface area contributed by atoms with Crippen LogP contribution in [0, 0.1) is 6.92 Å². The van der Waals surface area contributed by atoms with Crippen molar-refractivity contribution in [3.05, 3.63) is 41.9 Å². The van der Waals surface area contributed by atoms with Gasteiger partial charge in [-0.25, -0.2) is 22.7 Å². The van der Waals surface area contributed by atoms with Gasteiger partial charge in [0, 0.05) is 31.2 Å². The molecule has 172 valence electrons. The van der Waals surface area contributed by atoms with Crippen LogP contribution in [0.5, 0.6) is 0 Å². The van der Waals surface area contributed by atoms with E-state index in [2.05, 4.69) is 20.6 Å². The van der Waals surface area contributed by atoms with Gasteiger partial charge in [-0.05, 0) is 33.6 Å². The van der Waals surface area contributed by atoms with Gasteiger partial charge < -0.3 is 15.1 Å². The first-order valence-electron chi connectivity index (χ1n) is 10.5. The largest absolute Gasteiger partial charge is 0.439 e. The number of nitrogens with one attached hydrogen (secondary N) is 2. The average molecular weight is 561 g/mol. The van der Waals surface area contributed by atoms with E-state index in [1.54, 1.807) is 17.4 Å². The minimum atomic E-state index is -3.11. The van der Waals surface area contributed by atoms with Crippen molar-refractivity contribution < 1.29 is 12.8 Å². The van der Waals surface area contributed by atoms with Crippen LogP contribution in [0.2, 0.25) is 0 Å². The van der Waals surface area contributed by atoms with Gasteiger partial charge in [-0.1, -0.05) is 29.8 Å². The molecule has 0 amide bonds. The lowest BCUT2D eigenvalue weighted by Gasteiger charge is -2.32. The maximum absolute atomic E-state index is 12.0. The highest BCUT2D eigenvalue weighted by Gasteiger charge is 2.27. The Morgan fingerprint density at radius 2 is 1.90 bits per heavy atom. The molecule has 0 spiro atoms. The lowest BCUT2D eigenvalue weighted by Crippen LogP contribution is -2.50. The number of oxazole rings is 1. The Balaban J connectivity index is 0.00000341. The molecule has 0 radical (unpaired) electrons. The Labute approximate surface area is 202 Å². The third kappa shape index (κ3) is 7.18. The Bertz CT molecular complexity index is 952. The van der Waals surface area contributed by atoms with E-state index in [-0.39, 0.29) is 35.8 Å². The van der Waals surface area contributed by atoms with Gasteiger partial charge in [-0.3, -0.25) is 0 Å². The number of piperidine rings is 1. The maximum atomic E-state index is 12.0. The van der Waals surface area contributed by atoms with Gasteiger partial charge in [-0.2, -0.15) is 0 Å². The Kier molecular flexibility index (Phi) is 9.76. The molecule has 1 aromatic carbocycles. The van der Waals surface area contributed by atoms with Gasteiger partial charge in [-0.15, -0.1) is 24.0 Å². The van der Waals surface area contributed by atoms with E-state index in [9.17, 15) is 8.42 Å². The molecule has 0 unspecified atom stereocenters. The predicted molar refractivity (Wildman–Crippen MR) is 134 cm³/mol. The number of aromatic nitrogens is 1. The number of hydrogen-bond donors (Lipinski definition) is 2. The Morgan fingerprint density at radius 3 is 2.52 bits per heavy atom. The molecule has 0 aliphatic carbocycles. The quantitative estimate of drug-likeness (QED) is 0.306. The highest BCUT2D eigenvalue weighted by molar-refractivity contribution is 14.0. The fraction of sp³-hybridized carbons (Fsp3) is 0.524. The van der Waals surface area contributed by atoms with E-state index >= 15 is 0 Å². The molecule has 2 heterocycles. The lowest BCUT2D eigenvalue weighted by molar-refractivity contribution is 0.306. The molecule has 1 fully saturated rings. The summed E-state index contributed by atoms with van der Waals surface area (Å²) in [6, 6.07) is 8.29. The van der Waals surface area contributed by atoms with Crippen LogP contribution >= 0.6 is 24.0 Å². The van der Waals surface area contributed by atoms with E-state index in [0.29, 0.717) is 31.5 Å². The summed E-state index contributed by atoms with van der Waals surface area (Å²) in [5.74, 6) is 2.11. The number of aryl methyl sites for hydroxylation is 1. The minimum Gasteiger partial charge on any atom is -0.439 e. The molecule has 1 aromatic heterocycles. The van der Waals surface area contributed by atoms with Crippen LogP contribution in [0.15, 0.2) is 39.9 Å². The van der Waals surface area contributed by atoms with E-state index in [0.717, 1.165) is 30.7 Å². The number of guanidine groups is 1. The van der Waals surface area contributed by atoms with Crippen LogP contribution in [0.4, 0.5) is 0 Å². The van der Waals surface area contributed by atoms with Crippen LogP contribution in [0.3, 0.4) is 0 Å². The number of hydrogen-bond acceptors (Lipinski definition) is 5.